The lowest BCUT2D eigenvalue weighted by molar-refractivity contribution is 0.272. The summed E-state index contributed by atoms with van der Waals surface area (Å²) in [7, 11) is -0.177. The number of aliphatic hydroxyl groups excluding tert-OH is 1. The van der Waals surface area contributed by atoms with Gasteiger partial charge in [0, 0.05) is 6.26 Å². The molecule has 1 aromatic carbocycles. The molecule has 7 heteroatoms. The first-order chi connectivity index (χ1) is 8.91. The highest BCUT2D eigenvalue weighted by Gasteiger charge is 2.14. The van der Waals surface area contributed by atoms with Crippen LogP contribution in [0.3, 0.4) is 0 Å². The molecule has 19 heavy (non-hydrogen) atoms. The van der Waals surface area contributed by atoms with Crippen LogP contribution in [0.25, 0.3) is 0 Å². The zero-order valence-corrected chi connectivity index (χ0v) is 12.0. The number of rotatable bonds is 7. The lowest BCUT2D eigenvalue weighted by atomic mass is 10.2. The molecule has 0 aliphatic carbocycles. The van der Waals surface area contributed by atoms with E-state index in [0.717, 1.165) is 6.26 Å². The van der Waals surface area contributed by atoms with Crippen LogP contribution in [0.4, 0.5) is 0 Å². The molecular weight excluding hydrogens is 272 g/mol. The van der Waals surface area contributed by atoms with Crippen LogP contribution in [0.15, 0.2) is 12.1 Å². The third-order valence-electron chi connectivity index (χ3n) is 2.40. The Labute approximate surface area is 112 Å². The van der Waals surface area contributed by atoms with Crippen LogP contribution in [0.2, 0.25) is 0 Å². The van der Waals surface area contributed by atoms with Gasteiger partial charge in [-0.2, -0.15) is 0 Å². The molecule has 0 saturated carbocycles. The molecular formula is C12H18O6S. The number of ether oxygens (including phenoxy) is 3. The summed E-state index contributed by atoms with van der Waals surface area (Å²) >= 11 is 0. The van der Waals surface area contributed by atoms with E-state index in [4.69, 9.17) is 19.3 Å². The Morgan fingerprint density at radius 1 is 1.16 bits per heavy atom. The Morgan fingerprint density at radius 3 is 2.05 bits per heavy atom. The minimum atomic E-state index is -3.09. The molecule has 1 aromatic rings. The molecule has 6 nitrogen and oxygen atoms in total. The van der Waals surface area contributed by atoms with Crippen LogP contribution in [0, 0.1) is 0 Å². The fraction of sp³-hybridized carbons (Fsp3) is 0.500. The van der Waals surface area contributed by atoms with Gasteiger partial charge in [0.1, 0.15) is 6.61 Å². The van der Waals surface area contributed by atoms with Gasteiger partial charge in [-0.05, 0) is 17.7 Å². The number of sulfone groups is 1. The minimum Gasteiger partial charge on any atom is -0.493 e. The molecule has 0 radical (unpaired) electrons. The van der Waals surface area contributed by atoms with E-state index in [1.165, 1.54) is 14.2 Å². The molecule has 1 N–H and O–H groups in total. The van der Waals surface area contributed by atoms with Crippen LogP contribution in [0.1, 0.15) is 5.56 Å². The van der Waals surface area contributed by atoms with Gasteiger partial charge in [0.2, 0.25) is 5.75 Å². The fourth-order valence-electron chi connectivity index (χ4n) is 1.46. The van der Waals surface area contributed by atoms with Crippen molar-refractivity contribution in [3.8, 4) is 17.2 Å². The molecule has 0 heterocycles. The van der Waals surface area contributed by atoms with E-state index in [9.17, 15) is 8.42 Å². The van der Waals surface area contributed by atoms with Crippen LogP contribution < -0.4 is 14.2 Å². The normalized spacial score (nSPS) is 11.2. The van der Waals surface area contributed by atoms with Gasteiger partial charge in [-0.25, -0.2) is 8.42 Å². The Kier molecular flexibility index (Phi) is 5.44. The molecule has 0 unspecified atom stereocenters. The molecule has 0 aliphatic rings. The Hall–Kier alpha value is -1.47. The number of methoxy groups -OCH3 is 2. The van der Waals surface area contributed by atoms with Gasteiger partial charge in [0.05, 0.1) is 26.6 Å². The average Bonchev–Trinajstić information content (AvgIpc) is 2.37. The maximum absolute atomic E-state index is 11.1. The van der Waals surface area contributed by atoms with E-state index in [2.05, 4.69) is 0 Å². The van der Waals surface area contributed by atoms with E-state index in [0.29, 0.717) is 22.8 Å². The average molecular weight is 290 g/mol. The van der Waals surface area contributed by atoms with E-state index in [-0.39, 0.29) is 19.0 Å². The first-order valence-electron chi connectivity index (χ1n) is 5.57. The maximum atomic E-state index is 11.1. The Balaban J connectivity index is 2.97. The standard InChI is InChI=1S/C12H18O6S/c1-16-10-6-9(8-13)7-11(17-2)12(10)18-4-5-19(3,14)15/h6-7,13H,4-5,8H2,1-3H3. The first kappa shape index (κ1) is 15.6. The van der Waals surface area contributed by atoms with Crippen molar-refractivity contribution in [1.29, 1.82) is 0 Å². The van der Waals surface area contributed by atoms with Crippen molar-refractivity contribution in [3.05, 3.63) is 17.7 Å². The van der Waals surface area contributed by atoms with Gasteiger partial charge in [-0.1, -0.05) is 0 Å². The quantitative estimate of drug-likeness (QED) is 0.792. The van der Waals surface area contributed by atoms with Gasteiger partial charge in [0.25, 0.3) is 0 Å². The van der Waals surface area contributed by atoms with Gasteiger partial charge >= 0.3 is 0 Å². The van der Waals surface area contributed by atoms with E-state index in [1.54, 1.807) is 12.1 Å². The largest absolute Gasteiger partial charge is 0.493 e. The SMILES string of the molecule is COc1cc(CO)cc(OC)c1OCCS(C)(=O)=O. The molecule has 0 fully saturated rings. The third kappa shape index (κ3) is 4.60. The molecule has 1 rings (SSSR count). The highest BCUT2D eigenvalue weighted by Crippen LogP contribution is 2.38. The maximum Gasteiger partial charge on any atom is 0.203 e. The molecule has 0 bridgehead atoms. The monoisotopic (exact) mass is 290 g/mol. The van der Waals surface area contributed by atoms with Gasteiger partial charge in [-0.15, -0.1) is 0 Å². The predicted octanol–water partition coefficient (Wildman–Crippen LogP) is 0.619. The van der Waals surface area contributed by atoms with Crippen molar-refractivity contribution in [2.75, 3.05) is 32.8 Å². The summed E-state index contributed by atoms with van der Waals surface area (Å²) in [6, 6.07) is 3.22. The predicted molar refractivity (Wildman–Crippen MR) is 70.7 cm³/mol. The fourth-order valence-corrected chi connectivity index (χ4v) is 1.85. The zero-order chi connectivity index (χ0) is 14.5. The second kappa shape index (κ2) is 6.63. The summed E-state index contributed by atoms with van der Waals surface area (Å²) in [5, 5.41) is 9.12. The zero-order valence-electron chi connectivity index (χ0n) is 11.2. The molecule has 0 amide bonds. The number of benzene rings is 1. The van der Waals surface area contributed by atoms with Crippen LogP contribution in [-0.4, -0.2) is 46.4 Å². The highest BCUT2D eigenvalue weighted by molar-refractivity contribution is 7.90. The number of hydrogen-bond donors (Lipinski definition) is 1. The van der Waals surface area contributed by atoms with E-state index >= 15 is 0 Å². The van der Waals surface area contributed by atoms with Crippen molar-refractivity contribution in [2.24, 2.45) is 0 Å². The topological polar surface area (TPSA) is 82.1 Å². The van der Waals surface area contributed by atoms with Crippen molar-refractivity contribution in [3.63, 3.8) is 0 Å². The summed E-state index contributed by atoms with van der Waals surface area (Å²) in [6.45, 7) is -0.152. The van der Waals surface area contributed by atoms with E-state index < -0.39 is 9.84 Å². The number of aliphatic hydroxyl groups is 1. The third-order valence-corrected chi connectivity index (χ3v) is 3.31. The molecule has 0 aliphatic heterocycles. The van der Waals surface area contributed by atoms with Gasteiger partial charge in [-0.3, -0.25) is 0 Å². The summed E-state index contributed by atoms with van der Waals surface area (Å²) in [6.07, 6.45) is 1.14. The van der Waals surface area contributed by atoms with Crippen molar-refractivity contribution in [2.45, 2.75) is 6.61 Å². The summed E-state index contributed by atoms with van der Waals surface area (Å²) in [5.74, 6) is 1.00. The summed E-state index contributed by atoms with van der Waals surface area (Å²) in [5.41, 5.74) is 0.615. The summed E-state index contributed by atoms with van der Waals surface area (Å²) in [4.78, 5) is 0. The molecule has 0 spiro atoms. The molecule has 108 valence electrons. The van der Waals surface area contributed by atoms with Gasteiger partial charge < -0.3 is 19.3 Å². The number of hydrogen-bond acceptors (Lipinski definition) is 6. The molecule has 0 atom stereocenters. The second-order valence-corrected chi connectivity index (χ2v) is 6.23. The van der Waals surface area contributed by atoms with Crippen LogP contribution in [0.5, 0.6) is 17.2 Å². The van der Waals surface area contributed by atoms with Crippen molar-refractivity contribution >= 4 is 9.84 Å². The molecule has 0 saturated heterocycles. The lowest BCUT2D eigenvalue weighted by Gasteiger charge is -2.15. The first-order valence-corrected chi connectivity index (χ1v) is 7.63. The van der Waals surface area contributed by atoms with Crippen molar-refractivity contribution in [1.82, 2.24) is 0 Å². The van der Waals surface area contributed by atoms with Crippen molar-refractivity contribution < 1.29 is 27.7 Å². The van der Waals surface area contributed by atoms with Crippen LogP contribution in [-0.2, 0) is 16.4 Å². The minimum absolute atomic E-state index is 0.00399. The highest BCUT2D eigenvalue weighted by atomic mass is 32.2. The van der Waals surface area contributed by atoms with Gasteiger partial charge in [0.15, 0.2) is 21.3 Å². The Bertz CT molecular complexity index is 498. The van der Waals surface area contributed by atoms with E-state index in [1.807, 2.05) is 0 Å². The van der Waals surface area contributed by atoms with Crippen LogP contribution >= 0.6 is 0 Å². The molecule has 0 aromatic heterocycles. The lowest BCUT2D eigenvalue weighted by Crippen LogP contribution is -2.13. The Morgan fingerprint density at radius 2 is 1.68 bits per heavy atom. The smallest absolute Gasteiger partial charge is 0.203 e. The second-order valence-electron chi connectivity index (χ2n) is 3.97. The summed E-state index contributed by atoms with van der Waals surface area (Å²) < 4.78 is 37.8.